The summed E-state index contributed by atoms with van der Waals surface area (Å²) in [6, 6.07) is 7.34. The maximum Gasteiger partial charge on any atom is 0.0785 e. The van der Waals surface area contributed by atoms with Crippen molar-refractivity contribution in [1.29, 1.82) is 0 Å². The second kappa shape index (κ2) is 4.70. The van der Waals surface area contributed by atoms with Gasteiger partial charge >= 0.3 is 0 Å². The summed E-state index contributed by atoms with van der Waals surface area (Å²) >= 11 is 5.76. The van der Waals surface area contributed by atoms with E-state index in [9.17, 15) is 0 Å². The van der Waals surface area contributed by atoms with Gasteiger partial charge in [-0.25, -0.2) is 0 Å². The van der Waals surface area contributed by atoms with Crippen molar-refractivity contribution in [1.82, 2.24) is 9.78 Å². The summed E-state index contributed by atoms with van der Waals surface area (Å²) in [4.78, 5) is 2.74. The number of nitrogens with zero attached hydrogens (tertiary/aromatic N) is 5. The van der Waals surface area contributed by atoms with Gasteiger partial charge in [-0.2, -0.15) is 5.10 Å². The van der Waals surface area contributed by atoms with Crippen LogP contribution in [0.4, 0.5) is 5.69 Å². The molecule has 0 aliphatic rings. The van der Waals surface area contributed by atoms with Gasteiger partial charge in [0, 0.05) is 16.8 Å². The van der Waals surface area contributed by atoms with Gasteiger partial charge in [-0.05, 0) is 17.2 Å². The van der Waals surface area contributed by atoms with Gasteiger partial charge in [-0.1, -0.05) is 34.9 Å². The smallest absolute Gasteiger partial charge is 0.0785 e. The fourth-order valence-corrected chi connectivity index (χ4v) is 1.54. The highest BCUT2D eigenvalue weighted by Crippen LogP contribution is 2.15. The molecule has 16 heavy (non-hydrogen) atoms. The first-order valence-electron chi connectivity index (χ1n) is 4.60. The van der Waals surface area contributed by atoms with E-state index in [4.69, 9.17) is 17.1 Å². The normalized spacial score (nSPS) is 9.81. The van der Waals surface area contributed by atoms with Crippen molar-refractivity contribution in [3.63, 3.8) is 0 Å². The molecular formula is C10H8ClN5. The van der Waals surface area contributed by atoms with Crippen molar-refractivity contribution in [3.05, 3.63) is 57.7 Å². The van der Waals surface area contributed by atoms with Crippen molar-refractivity contribution in [2.45, 2.75) is 6.54 Å². The lowest BCUT2D eigenvalue weighted by atomic mass is 10.2. The molecule has 0 saturated heterocycles. The van der Waals surface area contributed by atoms with Gasteiger partial charge < -0.3 is 0 Å². The number of hydrogen-bond donors (Lipinski definition) is 0. The van der Waals surface area contributed by atoms with E-state index >= 15 is 0 Å². The summed E-state index contributed by atoms with van der Waals surface area (Å²) in [5.74, 6) is 0. The Balaban J connectivity index is 2.21. The Labute approximate surface area is 96.9 Å². The van der Waals surface area contributed by atoms with E-state index in [1.165, 1.54) is 0 Å². The van der Waals surface area contributed by atoms with Crippen LogP contribution in [0.15, 0.2) is 41.8 Å². The number of benzene rings is 1. The Morgan fingerprint density at radius 2 is 2.38 bits per heavy atom. The molecule has 0 aliphatic heterocycles. The van der Waals surface area contributed by atoms with Crippen LogP contribution in [-0.4, -0.2) is 9.78 Å². The average Bonchev–Trinajstić information content (AvgIpc) is 2.65. The number of rotatable bonds is 3. The molecule has 0 bridgehead atoms. The van der Waals surface area contributed by atoms with Crippen molar-refractivity contribution in [2.24, 2.45) is 5.11 Å². The third-order valence-electron chi connectivity index (χ3n) is 2.02. The molecule has 1 aromatic heterocycles. The first kappa shape index (κ1) is 10.5. The maximum atomic E-state index is 8.33. The highest BCUT2D eigenvalue weighted by molar-refractivity contribution is 6.30. The van der Waals surface area contributed by atoms with Crippen LogP contribution in [0.2, 0.25) is 5.02 Å². The van der Waals surface area contributed by atoms with E-state index in [-0.39, 0.29) is 0 Å². The third kappa shape index (κ3) is 2.53. The fourth-order valence-electron chi connectivity index (χ4n) is 1.38. The van der Waals surface area contributed by atoms with Crippen LogP contribution in [-0.2, 0) is 6.54 Å². The second-order valence-electron chi connectivity index (χ2n) is 3.22. The van der Waals surface area contributed by atoms with Gasteiger partial charge in [-0.15, -0.1) is 0 Å². The van der Waals surface area contributed by atoms with Crippen molar-refractivity contribution in [2.75, 3.05) is 0 Å². The first-order chi connectivity index (χ1) is 7.78. The van der Waals surface area contributed by atoms with E-state index in [0.29, 0.717) is 17.3 Å². The molecule has 0 unspecified atom stereocenters. The van der Waals surface area contributed by atoms with Crippen LogP contribution in [0.1, 0.15) is 5.56 Å². The third-order valence-corrected chi connectivity index (χ3v) is 2.21. The van der Waals surface area contributed by atoms with Crippen LogP contribution in [0.3, 0.4) is 0 Å². The van der Waals surface area contributed by atoms with E-state index in [1.54, 1.807) is 23.1 Å². The van der Waals surface area contributed by atoms with Gasteiger partial charge in [0.2, 0.25) is 0 Å². The lowest BCUT2D eigenvalue weighted by molar-refractivity contribution is 0.687. The molecule has 1 heterocycles. The number of azide groups is 1. The van der Waals surface area contributed by atoms with E-state index < -0.39 is 0 Å². The fraction of sp³-hybridized carbons (Fsp3) is 0.100. The topological polar surface area (TPSA) is 66.6 Å². The zero-order valence-electron chi connectivity index (χ0n) is 8.29. The van der Waals surface area contributed by atoms with Gasteiger partial charge in [0.05, 0.1) is 17.8 Å². The van der Waals surface area contributed by atoms with Crippen LogP contribution >= 0.6 is 11.6 Å². The van der Waals surface area contributed by atoms with Gasteiger partial charge in [0.1, 0.15) is 0 Å². The summed E-state index contributed by atoms with van der Waals surface area (Å²) < 4.78 is 1.72. The molecule has 0 saturated carbocycles. The largest absolute Gasteiger partial charge is 0.267 e. The summed E-state index contributed by atoms with van der Waals surface area (Å²) in [7, 11) is 0. The standard InChI is InChI=1S/C10H8ClN5/c11-9-5-13-16(7-9)6-8-2-1-3-10(4-8)14-15-12/h1-5,7H,6H2. The molecular weight excluding hydrogens is 226 g/mol. The van der Waals surface area contributed by atoms with Crippen LogP contribution in [0.25, 0.3) is 10.4 Å². The highest BCUT2D eigenvalue weighted by atomic mass is 35.5. The molecule has 0 N–H and O–H groups in total. The van der Waals surface area contributed by atoms with Crippen molar-refractivity contribution >= 4 is 17.3 Å². The molecule has 0 fully saturated rings. The number of aromatic nitrogens is 2. The Morgan fingerprint density at radius 3 is 3.06 bits per heavy atom. The predicted molar refractivity (Wildman–Crippen MR) is 61.6 cm³/mol. The monoisotopic (exact) mass is 233 g/mol. The SMILES string of the molecule is [N-]=[N+]=Nc1cccc(Cn2cc(Cl)cn2)c1. The Bertz CT molecular complexity index is 542. The van der Waals surface area contributed by atoms with Gasteiger partial charge in [-0.3, -0.25) is 4.68 Å². The zero-order chi connectivity index (χ0) is 11.4. The minimum absolute atomic E-state index is 0.596. The van der Waals surface area contributed by atoms with E-state index in [2.05, 4.69) is 15.1 Å². The Kier molecular flexibility index (Phi) is 3.10. The summed E-state index contributed by atoms with van der Waals surface area (Å²) in [5.41, 5.74) is 9.93. The lowest BCUT2D eigenvalue weighted by Gasteiger charge is -2.02. The lowest BCUT2D eigenvalue weighted by Crippen LogP contribution is -1.99. The predicted octanol–water partition coefficient (Wildman–Crippen LogP) is 3.53. The van der Waals surface area contributed by atoms with Crippen LogP contribution < -0.4 is 0 Å². The zero-order valence-corrected chi connectivity index (χ0v) is 9.04. The molecule has 2 rings (SSSR count). The molecule has 80 valence electrons. The summed E-state index contributed by atoms with van der Waals surface area (Å²) in [5, 5.41) is 8.21. The number of halogens is 1. The van der Waals surface area contributed by atoms with Crippen LogP contribution in [0, 0.1) is 0 Å². The van der Waals surface area contributed by atoms with E-state index in [1.807, 2.05) is 18.2 Å². The Hall–Kier alpha value is -1.97. The first-order valence-corrected chi connectivity index (χ1v) is 4.98. The van der Waals surface area contributed by atoms with Crippen molar-refractivity contribution < 1.29 is 0 Å². The molecule has 6 heteroatoms. The highest BCUT2D eigenvalue weighted by Gasteiger charge is 1.98. The average molecular weight is 234 g/mol. The molecule has 0 atom stereocenters. The minimum atomic E-state index is 0.596. The molecule has 0 aliphatic carbocycles. The van der Waals surface area contributed by atoms with Crippen molar-refractivity contribution in [3.8, 4) is 0 Å². The summed E-state index contributed by atoms with van der Waals surface area (Å²) in [6.45, 7) is 0.599. The summed E-state index contributed by atoms with van der Waals surface area (Å²) in [6.07, 6.45) is 3.32. The minimum Gasteiger partial charge on any atom is -0.267 e. The van der Waals surface area contributed by atoms with Gasteiger partial charge in [0.15, 0.2) is 0 Å². The maximum absolute atomic E-state index is 8.33. The van der Waals surface area contributed by atoms with Crippen LogP contribution in [0.5, 0.6) is 0 Å². The molecule has 5 nitrogen and oxygen atoms in total. The molecule has 0 amide bonds. The molecule has 0 radical (unpaired) electrons. The molecule has 2 aromatic rings. The van der Waals surface area contributed by atoms with E-state index in [0.717, 1.165) is 5.56 Å². The second-order valence-corrected chi connectivity index (χ2v) is 3.65. The number of hydrogen-bond acceptors (Lipinski definition) is 2. The van der Waals surface area contributed by atoms with Gasteiger partial charge in [0.25, 0.3) is 0 Å². The molecule has 0 spiro atoms. The molecule has 1 aromatic carbocycles. The quantitative estimate of drug-likeness (QED) is 0.454. The Morgan fingerprint density at radius 1 is 1.50 bits per heavy atom.